The summed E-state index contributed by atoms with van der Waals surface area (Å²) in [4.78, 5) is 0. The summed E-state index contributed by atoms with van der Waals surface area (Å²) in [6.07, 6.45) is -0.766. The minimum Gasteiger partial charge on any atom is -0.496 e. The number of halogens is 1. The number of ether oxygens (including phenoxy) is 2. The zero-order chi connectivity index (χ0) is 14.5. The van der Waals surface area contributed by atoms with Gasteiger partial charge >= 0.3 is 0 Å². The van der Waals surface area contributed by atoms with Gasteiger partial charge in [0.05, 0.1) is 13.7 Å². The topological polar surface area (TPSA) is 38.7 Å². The largest absolute Gasteiger partial charge is 0.496 e. The van der Waals surface area contributed by atoms with Gasteiger partial charge in [0.1, 0.15) is 17.6 Å². The van der Waals surface area contributed by atoms with Crippen LogP contribution in [0.3, 0.4) is 0 Å². The van der Waals surface area contributed by atoms with Crippen LogP contribution in [0.2, 0.25) is 5.02 Å². The number of aliphatic hydroxyl groups is 1. The van der Waals surface area contributed by atoms with E-state index in [4.69, 9.17) is 21.1 Å². The van der Waals surface area contributed by atoms with Crippen molar-refractivity contribution in [1.82, 2.24) is 0 Å². The number of rotatable bonds is 5. The highest BCUT2D eigenvalue weighted by molar-refractivity contribution is 6.30. The first kappa shape index (κ1) is 14.7. The molecule has 0 aromatic heterocycles. The van der Waals surface area contributed by atoms with Crippen LogP contribution in [0.1, 0.15) is 24.2 Å². The van der Waals surface area contributed by atoms with Crippen molar-refractivity contribution < 1.29 is 14.6 Å². The van der Waals surface area contributed by atoms with Gasteiger partial charge in [0.2, 0.25) is 0 Å². The number of methoxy groups -OCH3 is 1. The highest BCUT2D eigenvalue weighted by Crippen LogP contribution is 2.32. The first-order valence-corrected chi connectivity index (χ1v) is 6.77. The van der Waals surface area contributed by atoms with Gasteiger partial charge in [-0.3, -0.25) is 0 Å². The average Bonchev–Trinajstić information content (AvgIpc) is 2.47. The molecule has 2 aromatic rings. The summed E-state index contributed by atoms with van der Waals surface area (Å²) in [5.41, 5.74) is 1.45. The van der Waals surface area contributed by atoms with E-state index in [9.17, 15) is 5.11 Å². The van der Waals surface area contributed by atoms with Crippen LogP contribution in [0.15, 0.2) is 42.5 Å². The Kier molecular flexibility index (Phi) is 4.88. The van der Waals surface area contributed by atoms with Crippen molar-refractivity contribution in [3.63, 3.8) is 0 Å². The highest BCUT2D eigenvalue weighted by Gasteiger charge is 2.15. The summed E-state index contributed by atoms with van der Waals surface area (Å²) in [6, 6.07) is 12.5. The average molecular weight is 293 g/mol. The molecule has 0 radical (unpaired) electrons. The van der Waals surface area contributed by atoms with Crippen LogP contribution in [-0.2, 0) is 0 Å². The van der Waals surface area contributed by atoms with Crippen LogP contribution >= 0.6 is 11.6 Å². The molecular weight excluding hydrogens is 276 g/mol. The fraction of sp³-hybridized carbons (Fsp3) is 0.250. The Labute approximate surface area is 123 Å². The molecule has 2 rings (SSSR count). The molecule has 0 bridgehead atoms. The molecule has 0 spiro atoms. The summed E-state index contributed by atoms with van der Waals surface area (Å²) >= 11 is 5.92. The van der Waals surface area contributed by atoms with Crippen LogP contribution in [0.5, 0.6) is 11.5 Å². The van der Waals surface area contributed by atoms with Crippen LogP contribution < -0.4 is 9.47 Å². The van der Waals surface area contributed by atoms with Crippen molar-refractivity contribution in [2.45, 2.75) is 13.0 Å². The third kappa shape index (κ3) is 3.24. The van der Waals surface area contributed by atoms with E-state index in [-0.39, 0.29) is 0 Å². The fourth-order valence-corrected chi connectivity index (χ4v) is 2.17. The smallest absolute Gasteiger partial charge is 0.126 e. The lowest BCUT2D eigenvalue weighted by atomic mass is 10.0. The lowest BCUT2D eigenvalue weighted by Gasteiger charge is -2.16. The van der Waals surface area contributed by atoms with E-state index in [1.54, 1.807) is 25.3 Å². The molecule has 4 heteroatoms. The lowest BCUT2D eigenvalue weighted by Crippen LogP contribution is -2.02. The molecule has 0 fully saturated rings. The Morgan fingerprint density at radius 1 is 1.15 bits per heavy atom. The maximum absolute atomic E-state index is 10.5. The summed E-state index contributed by atoms with van der Waals surface area (Å²) in [7, 11) is 1.56. The van der Waals surface area contributed by atoms with Crippen molar-refractivity contribution in [3.05, 3.63) is 58.6 Å². The predicted octanol–water partition coefficient (Wildman–Crippen LogP) is 3.83. The van der Waals surface area contributed by atoms with E-state index >= 15 is 0 Å². The van der Waals surface area contributed by atoms with Gasteiger partial charge in [0.25, 0.3) is 0 Å². The minimum absolute atomic E-state index is 0.568. The number of hydrogen-bond acceptors (Lipinski definition) is 3. The molecule has 0 amide bonds. The van der Waals surface area contributed by atoms with Crippen LogP contribution in [0.25, 0.3) is 0 Å². The third-order valence-electron chi connectivity index (χ3n) is 3.00. The zero-order valence-corrected chi connectivity index (χ0v) is 12.2. The van der Waals surface area contributed by atoms with Gasteiger partial charge < -0.3 is 14.6 Å². The van der Waals surface area contributed by atoms with Gasteiger partial charge in [-0.1, -0.05) is 29.8 Å². The Balaban J connectivity index is 2.28. The molecule has 0 aliphatic carbocycles. The van der Waals surface area contributed by atoms with E-state index in [1.165, 1.54) is 0 Å². The molecule has 106 valence electrons. The van der Waals surface area contributed by atoms with Gasteiger partial charge in [0, 0.05) is 10.6 Å². The SMILES string of the molecule is CCOc1ccc(C(O)c2ccc(Cl)cc2OC)cc1. The molecule has 0 aliphatic rings. The lowest BCUT2D eigenvalue weighted by molar-refractivity contribution is 0.214. The van der Waals surface area contributed by atoms with Crippen molar-refractivity contribution >= 4 is 11.6 Å². The van der Waals surface area contributed by atoms with E-state index in [2.05, 4.69) is 0 Å². The molecular formula is C16H17ClO3. The van der Waals surface area contributed by atoms with Crippen molar-refractivity contribution in [2.24, 2.45) is 0 Å². The summed E-state index contributed by atoms with van der Waals surface area (Å²) in [5.74, 6) is 1.35. The van der Waals surface area contributed by atoms with Gasteiger partial charge in [-0.25, -0.2) is 0 Å². The van der Waals surface area contributed by atoms with Gasteiger partial charge in [-0.15, -0.1) is 0 Å². The minimum atomic E-state index is -0.766. The van der Waals surface area contributed by atoms with E-state index < -0.39 is 6.10 Å². The second-order valence-corrected chi connectivity index (χ2v) is 4.73. The highest BCUT2D eigenvalue weighted by atomic mass is 35.5. The molecule has 1 N–H and O–H groups in total. The van der Waals surface area contributed by atoms with E-state index in [1.807, 2.05) is 31.2 Å². The maximum Gasteiger partial charge on any atom is 0.126 e. The monoisotopic (exact) mass is 292 g/mol. The van der Waals surface area contributed by atoms with Gasteiger partial charge in [-0.05, 0) is 36.8 Å². The molecule has 0 saturated heterocycles. The van der Waals surface area contributed by atoms with Crippen molar-refractivity contribution in [3.8, 4) is 11.5 Å². The molecule has 1 atom stereocenters. The van der Waals surface area contributed by atoms with Crippen LogP contribution in [0, 0.1) is 0 Å². The molecule has 0 saturated carbocycles. The number of benzene rings is 2. The van der Waals surface area contributed by atoms with E-state index in [0.29, 0.717) is 22.9 Å². The maximum atomic E-state index is 10.5. The van der Waals surface area contributed by atoms with Crippen molar-refractivity contribution in [1.29, 1.82) is 0 Å². The normalized spacial score (nSPS) is 12.0. The van der Waals surface area contributed by atoms with Crippen molar-refractivity contribution in [2.75, 3.05) is 13.7 Å². The quantitative estimate of drug-likeness (QED) is 0.910. The van der Waals surface area contributed by atoms with Crippen LogP contribution in [0.4, 0.5) is 0 Å². The predicted molar refractivity (Wildman–Crippen MR) is 79.7 cm³/mol. The number of aliphatic hydroxyl groups excluding tert-OH is 1. The first-order chi connectivity index (χ1) is 9.65. The second kappa shape index (κ2) is 6.64. The Morgan fingerprint density at radius 3 is 2.45 bits per heavy atom. The van der Waals surface area contributed by atoms with Gasteiger partial charge in [-0.2, -0.15) is 0 Å². The second-order valence-electron chi connectivity index (χ2n) is 4.29. The van der Waals surface area contributed by atoms with Gasteiger partial charge in [0.15, 0.2) is 0 Å². The number of hydrogen-bond donors (Lipinski definition) is 1. The van der Waals surface area contributed by atoms with E-state index in [0.717, 1.165) is 11.3 Å². The Morgan fingerprint density at radius 2 is 1.85 bits per heavy atom. The molecule has 20 heavy (non-hydrogen) atoms. The molecule has 0 heterocycles. The summed E-state index contributed by atoms with van der Waals surface area (Å²) < 4.78 is 10.6. The molecule has 3 nitrogen and oxygen atoms in total. The first-order valence-electron chi connectivity index (χ1n) is 6.40. The summed E-state index contributed by atoms with van der Waals surface area (Å²) in [5, 5.41) is 11.0. The Hall–Kier alpha value is -1.71. The third-order valence-corrected chi connectivity index (χ3v) is 3.23. The standard InChI is InChI=1S/C16H17ClO3/c1-3-20-13-7-4-11(5-8-13)16(18)14-9-6-12(17)10-15(14)19-2/h4-10,16,18H,3H2,1-2H3. The Bertz CT molecular complexity index is 566. The molecule has 2 aromatic carbocycles. The zero-order valence-electron chi connectivity index (χ0n) is 11.5. The van der Waals surface area contributed by atoms with Crippen LogP contribution in [-0.4, -0.2) is 18.8 Å². The fourth-order valence-electron chi connectivity index (χ4n) is 2.00. The molecule has 1 unspecified atom stereocenters. The molecule has 0 aliphatic heterocycles. The summed E-state index contributed by atoms with van der Waals surface area (Å²) in [6.45, 7) is 2.55.